The van der Waals surface area contributed by atoms with Crippen LogP contribution in [0.2, 0.25) is 0 Å². The third-order valence-corrected chi connectivity index (χ3v) is 6.84. The molecule has 1 aliphatic heterocycles. The van der Waals surface area contributed by atoms with E-state index in [1.54, 1.807) is 45.0 Å². The highest BCUT2D eigenvalue weighted by Gasteiger charge is 2.33. The minimum Gasteiger partial charge on any atom is -0.493 e. The minimum atomic E-state index is -0.868. The van der Waals surface area contributed by atoms with Gasteiger partial charge in [0.1, 0.15) is 5.82 Å². The van der Waals surface area contributed by atoms with E-state index in [-0.39, 0.29) is 31.1 Å². The Hall–Kier alpha value is -4.25. The third-order valence-electron chi connectivity index (χ3n) is 5.86. The summed E-state index contributed by atoms with van der Waals surface area (Å²) in [7, 11) is 1.46. The van der Waals surface area contributed by atoms with Crippen molar-refractivity contribution in [1.82, 2.24) is 4.57 Å². The zero-order valence-corrected chi connectivity index (χ0v) is 22.7. The van der Waals surface area contributed by atoms with Crippen molar-refractivity contribution < 1.29 is 32.9 Å². The van der Waals surface area contributed by atoms with Gasteiger partial charge in [0.25, 0.3) is 5.56 Å². The number of rotatable bonds is 9. The van der Waals surface area contributed by atoms with Gasteiger partial charge in [0.15, 0.2) is 22.9 Å². The number of hydrogen-bond donors (Lipinski definition) is 0. The largest absolute Gasteiger partial charge is 0.493 e. The van der Waals surface area contributed by atoms with Gasteiger partial charge in [0.2, 0.25) is 0 Å². The number of ether oxygens (including phenoxy) is 4. The summed E-state index contributed by atoms with van der Waals surface area (Å²) >= 11 is 1.12. The van der Waals surface area contributed by atoms with E-state index in [4.69, 9.17) is 18.9 Å². The summed E-state index contributed by atoms with van der Waals surface area (Å²) in [6.45, 7) is 5.06. The predicted octanol–water partition coefficient (Wildman–Crippen LogP) is 2.89. The lowest BCUT2D eigenvalue weighted by Gasteiger charge is -2.24. The van der Waals surface area contributed by atoms with E-state index in [0.717, 1.165) is 11.3 Å². The number of methoxy groups -OCH3 is 1. The Kier molecular flexibility index (Phi) is 8.60. The highest BCUT2D eigenvalue weighted by Crippen LogP contribution is 2.33. The van der Waals surface area contributed by atoms with Crippen molar-refractivity contribution >= 4 is 29.4 Å². The Bertz CT molecular complexity index is 1610. The van der Waals surface area contributed by atoms with Crippen LogP contribution in [0.4, 0.5) is 4.39 Å². The first kappa shape index (κ1) is 27.8. The van der Waals surface area contributed by atoms with Crippen LogP contribution in [0.3, 0.4) is 0 Å². The number of allylic oxidation sites excluding steroid dienone is 1. The molecule has 0 aliphatic carbocycles. The van der Waals surface area contributed by atoms with Gasteiger partial charge in [-0.05, 0) is 50.6 Å². The van der Waals surface area contributed by atoms with Gasteiger partial charge >= 0.3 is 11.9 Å². The first-order valence-electron chi connectivity index (χ1n) is 12.2. The molecule has 1 aromatic heterocycles. The highest BCUT2D eigenvalue weighted by atomic mass is 32.1. The molecular weight excluding hydrogens is 527 g/mol. The van der Waals surface area contributed by atoms with Crippen molar-refractivity contribution in [2.45, 2.75) is 26.8 Å². The average molecular weight is 555 g/mol. The first-order chi connectivity index (χ1) is 18.8. The first-order valence-corrected chi connectivity index (χ1v) is 13.0. The SMILES string of the molecule is CCOC(=O)COc1c(/C=c2\sc3n(c2=O)[C@H](c2ccc(F)cc2)C(C(=O)OCC)=C(C)N=3)cccc1OC. The number of carbonyl (C=O) groups excluding carboxylic acids is 2. The van der Waals surface area contributed by atoms with Gasteiger partial charge in [0, 0.05) is 5.56 Å². The fourth-order valence-electron chi connectivity index (χ4n) is 4.19. The number of halogens is 1. The van der Waals surface area contributed by atoms with Crippen LogP contribution in [-0.4, -0.2) is 43.4 Å². The summed E-state index contributed by atoms with van der Waals surface area (Å²) in [6.07, 6.45) is 1.61. The molecule has 39 heavy (non-hydrogen) atoms. The van der Waals surface area contributed by atoms with Gasteiger partial charge in [-0.1, -0.05) is 35.6 Å². The van der Waals surface area contributed by atoms with Crippen LogP contribution >= 0.6 is 11.3 Å². The lowest BCUT2D eigenvalue weighted by molar-refractivity contribution is -0.145. The summed E-state index contributed by atoms with van der Waals surface area (Å²) in [4.78, 5) is 43.6. The molecule has 0 amide bonds. The Labute approximate surface area is 227 Å². The van der Waals surface area contributed by atoms with Crippen LogP contribution in [-0.2, 0) is 19.1 Å². The monoisotopic (exact) mass is 554 g/mol. The van der Waals surface area contributed by atoms with Crippen molar-refractivity contribution in [2.75, 3.05) is 26.9 Å². The van der Waals surface area contributed by atoms with Crippen molar-refractivity contribution in [3.63, 3.8) is 0 Å². The number of thiazole rings is 1. The normalized spacial score (nSPS) is 14.9. The molecule has 0 saturated carbocycles. The Morgan fingerprint density at radius 1 is 1.10 bits per heavy atom. The predicted molar refractivity (Wildman–Crippen MR) is 142 cm³/mol. The summed E-state index contributed by atoms with van der Waals surface area (Å²) in [5.41, 5.74) is 1.20. The van der Waals surface area contributed by atoms with Gasteiger partial charge in [-0.15, -0.1) is 0 Å². The smallest absolute Gasteiger partial charge is 0.344 e. The van der Waals surface area contributed by atoms with Crippen LogP contribution in [0.5, 0.6) is 11.5 Å². The van der Waals surface area contributed by atoms with Gasteiger partial charge in [-0.25, -0.2) is 19.0 Å². The van der Waals surface area contributed by atoms with E-state index in [1.807, 2.05) is 0 Å². The summed E-state index contributed by atoms with van der Waals surface area (Å²) < 4.78 is 36.8. The number of fused-ring (bicyclic) bond motifs is 1. The summed E-state index contributed by atoms with van der Waals surface area (Å²) in [6, 6.07) is 9.84. The van der Waals surface area contributed by atoms with Crippen molar-refractivity contribution in [2.24, 2.45) is 4.99 Å². The molecule has 0 spiro atoms. The molecule has 0 unspecified atom stereocenters. The molecule has 2 aromatic carbocycles. The molecule has 0 radical (unpaired) electrons. The van der Waals surface area contributed by atoms with E-state index in [2.05, 4.69) is 4.99 Å². The molecule has 1 atom stereocenters. The zero-order valence-electron chi connectivity index (χ0n) is 21.9. The van der Waals surface area contributed by atoms with E-state index < -0.39 is 29.4 Å². The lowest BCUT2D eigenvalue weighted by atomic mass is 9.96. The number of nitrogens with zero attached hydrogens (tertiary/aromatic N) is 2. The molecule has 4 rings (SSSR count). The zero-order chi connectivity index (χ0) is 28.1. The van der Waals surface area contributed by atoms with E-state index in [9.17, 15) is 18.8 Å². The molecular formula is C28H27FN2O7S. The summed E-state index contributed by atoms with van der Waals surface area (Å²) in [5.74, 6) is -0.972. The maximum Gasteiger partial charge on any atom is 0.344 e. The number of aromatic nitrogens is 1. The number of esters is 2. The molecule has 1 aliphatic rings. The van der Waals surface area contributed by atoms with Crippen LogP contribution < -0.4 is 24.4 Å². The standard InChI is InChI=1S/C28H27FN2O7S/c1-5-36-22(32)15-38-25-18(8-7-9-20(25)35-4)14-21-26(33)31-24(17-10-12-19(29)13-11-17)23(27(34)37-6-2)16(3)30-28(31)39-21/h7-14,24H,5-6,15H2,1-4H3/b21-14-/t24-/m1/s1. The second kappa shape index (κ2) is 12.1. The number of para-hydroxylation sites is 1. The lowest BCUT2D eigenvalue weighted by Crippen LogP contribution is -2.39. The topological polar surface area (TPSA) is 105 Å². The molecule has 0 saturated heterocycles. The van der Waals surface area contributed by atoms with Gasteiger partial charge in [0.05, 0.1) is 42.2 Å². The second-order valence-corrected chi connectivity index (χ2v) is 9.34. The van der Waals surface area contributed by atoms with Crippen LogP contribution in [0, 0.1) is 5.82 Å². The number of benzene rings is 2. The second-order valence-electron chi connectivity index (χ2n) is 8.33. The molecule has 11 heteroatoms. The van der Waals surface area contributed by atoms with Gasteiger partial charge in [-0.3, -0.25) is 9.36 Å². The van der Waals surface area contributed by atoms with Gasteiger partial charge in [-0.2, -0.15) is 0 Å². The maximum atomic E-state index is 13.8. The van der Waals surface area contributed by atoms with E-state index in [0.29, 0.717) is 31.9 Å². The Morgan fingerprint density at radius 3 is 2.49 bits per heavy atom. The minimum absolute atomic E-state index is 0.139. The molecule has 0 bridgehead atoms. The average Bonchev–Trinajstić information content (AvgIpc) is 3.21. The van der Waals surface area contributed by atoms with Crippen LogP contribution in [0.1, 0.15) is 37.9 Å². The number of hydrogen-bond acceptors (Lipinski definition) is 9. The highest BCUT2D eigenvalue weighted by molar-refractivity contribution is 7.07. The Balaban J connectivity index is 1.88. The maximum absolute atomic E-state index is 13.8. The van der Waals surface area contributed by atoms with E-state index >= 15 is 0 Å². The van der Waals surface area contributed by atoms with Gasteiger partial charge < -0.3 is 18.9 Å². The third kappa shape index (κ3) is 5.78. The van der Waals surface area contributed by atoms with Crippen molar-refractivity contribution in [3.8, 4) is 11.5 Å². The molecule has 2 heterocycles. The van der Waals surface area contributed by atoms with E-state index in [1.165, 1.54) is 35.9 Å². The molecule has 0 fully saturated rings. The Morgan fingerprint density at radius 2 is 1.82 bits per heavy atom. The fraction of sp³-hybridized carbons (Fsp3) is 0.286. The molecule has 3 aromatic rings. The quantitative estimate of drug-likeness (QED) is 0.375. The number of carbonyl (C=O) groups is 2. The summed E-state index contributed by atoms with van der Waals surface area (Å²) in [5, 5.41) is 0. The molecule has 204 valence electrons. The van der Waals surface area contributed by atoms with Crippen molar-refractivity contribution in [3.05, 3.63) is 90.4 Å². The van der Waals surface area contributed by atoms with Crippen molar-refractivity contribution in [1.29, 1.82) is 0 Å². The van der Waals surface area contributed by atoms with Crippen LogP contribution in [0.15, 0.2) is 63.5 Å². The van der Waals surface area contributed by atoms with Crippen LogP contribution in [0.25, 0.3) is 6.08 Å². The molecule has 0 N–H and O–H groups in total. The fourth-order valence-corrected chi connectivity index (χ4v) is 5.23. The molecule has 9 nitrogen and oxygen atoms in total.